The van der Waals surface area contributed by atoms with E-state index in [1.807, 2.05) is 0 Å². The molecule has 1 aliphatic carbocycles. The molecule has 1 aliphatic heterocycles. The third-order valence-corrected chi connectivity index (χ3v) is 3.97. The maximum atomic E-state index is 11.4. The number of nitrogens with one attached hydrogen (secondary N) is 2. The number of likely N-dealkylation sites (tertiary alicyclic amines) is 1. The van der Waals surface area contributed by atoms with Crippen molar-refractivity contribution in [1.29, 1.82) is 0 Å². The fraction of sp³-hybridized carbons (Fsp3) is 0.929. The molecule has 0 radical (unpaired) electrons. The number of hydrogen-bond donors (Lipinski definition) is 2. The molecule has 0 aromatic carbocycles. The minimum absolute atomic E-state index is 0.156. The normalized spacial score (nSPS) is 25.1. The lowest BCUT2D eigenvalue weighted by Gasteiger charge is -2.33. The van der Waals surface area contributed by atoms with E-state index >= 15 is 0 Å². The van der Waals surface area contributed by atoms with E-state index in [4.69, 9.17) is 0 Å². The smallest absolute Gasteiger partial charge is 0.234 e. The Morgan fingerprint density at radius 2 is 2.11 bits per heavy atom. The van der Waals surface area contributed by atoms with Gasteiger partial charge >= 0.3 is 0 Å². The van der Waals surface area contributed by atoms with Crippen molar-refractivity contribution in [3.05, 3.63) is 0 Å². The van der Waals surface area contributed by atoms with Crippen LogP contribution in [-0.4, -0.2) is 49.1 Å². The van der Waals surface area contributed by atoms with Gasteiger partial charge in [0.25, 0.3) is 0 Å². The molecule has 1 amide bonds. The topological polar surface area (TPSA) is 44.4 Å². The molecule has 1 unspecified atom stereocenters. The average molecular weight is 253 g/mol. The third kappa shape index (κ3) is 4.94. The molecule has 2 rings (SSSR count). The lowest BCUT2D eigenvalue weighted by Crippen LogP contribution is -2.40. The molecule has 4 nitrogen and oxygen atoms in total. The molecule has 1 saturated carbocycles. The minimum Gasteiger partial charge on any atom is -0.352 e. The van der Waals surface area contributed by atoms with Crippen LogP contribution in [0, 0.1) is 0 Å². The summed E-state index contributed by atoms with van der Waals surface area (Å²) in [6, 6.07) is 1.23. The van der Waals surface area contributed by atoms with Crippen LogP contribution in [-0.2, 0) is 4.79 Å². The summed E-state index contributed by atoms with van der Waals surface area (Å²) < 4.78 is 0. The summed E-state index contributed by atoms with van der Waals surface area (Å²) in [6.45, 7) is 6.17. The maximum Gasteiger partial charge on any atom is 0.234 e. The molecule has 0 aromatic rings. The second-order valence-electron chi connectivity index (χ2n) is 5.75. The Bertz CT molecular complexity index is 266. The minimum atomic E-state index is 0.156. The predicted octanol–water partition coefficient (Wildman–Crippen LogP) is 1.12. The fourth-order valence-corrected chi connectivity index (χ4v) is 2.61. The van der Waals surface area contributed by atoms with E-state index in [-0.39, 0.29) is 5.91 Å². The molecular formula is C14H27N3O. The Morgan fingerprint density at radius 1 is 1.28 bits per heavy atom. The van der Waals surface area contributed by atoms with Crippen molar-refractivity contribution in [2.24, 2.45) is 0 Å². The Balaban J connectivity index is 1.46. The van der Waals surface area contributed by atoms with Crippen LogP contribution < -0.4 is 10.6 Å². The molecule has 1 atom stereocenters. The summed E-state index contributed by atoms with van der Waals surface area (Å²) in [4.78, 5) is 14.0. The first-order valence-corrected chi connectivity index (χ1v) is 7.50. The van der Waals surface area contributed by atoms with E-state index in [1.165, 1.54) is 45.2 Å². The molecule has 18 heavy (non-hydrogen) atoms. The van der Waals surface area contributed by atoms with Crippen LogP contribution in [0.2, 0.25) is 0 Å². The van der Waals surface area contributed by atoms with E-state index in [0.717, 1.165) is 19.0 Å². The van der Waals surface area contributed by atoms with Crippen molar-refractivity contribution in [2.45, 2.75) is 57.5 Å². The highest BCUT2D eigenvalue weighted by molar-refractivity contribution is 5.78. The van der Waals surface area contributed by atoms with Gasteiger partial charge in [-0.05, 0) is 58.7 Å². The van der Waals surface area contributed by atoms with Gasteiger partial charge in [0, 0.05) is 12.1 Å². The summed E-state index contributed by atoms with van der Waals surface area (Å²) in [5.41, 5.74) is 0. The number of piperidine rings is 1. The van der Waals surface area contributed by atoms with Crippen LogP contribution >= 0.6 is 0 Å². The molecule has 1 saturated heterocycles. The van der Waals surface area contributed by atoms with Crippen LogP contribution in [0.15, 0.2) is 0 Å². The molecule has 4 heteroatoms. The van der Waals surface area contributed by atoms with Crippen molar-refractivity contribution in [1.82, 2.24) is 15.5 Å². The number of carbonyl (C=O) groups excluding carboxylic acids is 1. The number of hydrogen-bond acceptors (Lipinski definition) is 3. The highest BCUT2D eigenvalue weighted by Gasteiger charge is 2.22. The SMILES string of the molecule is CC1CCCCN1CCCNCC(=O)NC1CC1. The molecule has 0 aromatic heterocycles. The van der Waals surface area contributed by atoms with Gasteiger partial charge in [-0.3, -0.25) is 4.79 Å². The largest absolute Gasteiger partial charge is 0.352 e. The highest BCUT2D eigenvalue weighted by atomic mass is 16.2. The van der Waals surface area contributed by atoms with E-state index in [0.29, 0.717) is 12.6 Å². The zero-order valence-electron chi connectivity index (χ0n) is 11.6. The molecule has 2 aliphatic rings. The summed E-state index contributed by atoms with van der Waals surface area (Å²) in [5.74, 6) is 0.156. The van der Waals surface area contributed by atoms with Gasteiger partial charge in [-0.2, -0.15) is 0 Å². The molecular weight excluding hydrogens is 226 g/mol. The molecule has 2 fully saturated rings. The second kappa shape index (κ2) is 7.10. The first-order chi connectivity index (χ1) is 8.75. The molecule has 0 spiro atoms. The monoisotopic (exact) mass is 253 g/mol. The molecule has 1 heterocycles. The van der Waals surface area contributed by atoms with E-state index in [1.54, 1.807) is 0 Å². The van der Waals surface area contributed by atoms with Gasteiger partial charge in [-0.15, -0.1) is 0 Å². The van der Waals surface area contributed by atoms with E-state index in [9.17, 15) is 4.79 Å². The summed E-state index contributed by atoms with van der Waals surface area (Å²) in [7, 11) is 0. The van der Waals surface area contributed by atoms with Crippen LogP contribution in [0.1, 0.15) is 45.4 Å². The Labute approximate surface area is 110 Å². The van der Waals surface area contributed by atoms with Crippen molar-refractivity contribution < 1.29 is 4.79 Å². The second-order valence-corrected chi connectivity index (χ2v) is 5.75. The standard InChI is InChI=1S/C14H27N3O/c1-12-5-2-3-9-17(12)10-4-8-15-11-14(18)16-13-6-7-13/h12-13,15H,2-11H2,1H3,(H,16,18). The maximum absolute atomic E-state index is 11.4. The zero-order chi connectivity index (χ0) is 12.8. The lowest BCUT2D eigenvalue weighted by molar-refractivity contribution is -0.120. The first-order valence-electron chi connectivity index (χ1n) is 7.50. The van der Waals surface area contributed by atoms with Crippen molar-refractivity contribution in [2.75, 3.05) is 26.2 Å². The number of nitrogens with zero attached hydrogens (tertiary/aromatic N) is 1. The van der Waals surface area contributed by atoms with Gasteiger partial charge < -0.3 is 15.5 Å². The summed E-state index contributed by atoms with van der Waals surface area (Å²) in [6.07, 6.45) is 7.55. The van der Waals surface area contributed by atoms with Crippen molar-refractivity contribution >= 4 is 5.91 Å². The average Bonchev–Trinajstić information content (AvgIpc) is 3.15. The summed E-state index contributed by atoms with van der Waals surface area (Å²) >= 11 is 0. The van der Waals surface area contributed by atoms with Gasteiger partial charge in [0.05, 0.1) is 6.54 Å². The van der Waals surface area contributed by atoms with Crippen LogP contribution in [0.5, 0.6) is 0 Å². The van der Waals surface area contributed by atoms with Gasteiger partial charge in [0.2, 0.25) is 5.91 Å². The van der Waals surface area contributed by atoms with Gasteiger partial charge in [0.15, 0.2) is 0 Å². The van der Waals surface area contributed by atoms with Crippen LogP contribution in [0.3, 0.4) is 0 Å². The van der Waals surface area contributed by atoms with Gasteiger partial charge in [0.1, 0.15) is 0 Å². The first kappa shape index (κ1) is 13.8. The van der Waals surface area contributed by atoms with E-state index < -0.39 is 0 Å². The van der Waals surface area contributed by atoms with Crippen LogP contribution in [0.25, 0.3) is 0 Å². The lowest BCUT2D eigenvalue weighted by atomic mass is 10.0. The molecule has 0 bridgehead atoms. The molecule has 104 valence electrons. The molecule has 2 N–H and O–H groups in total. The highest BCUT2D eigenvalue weighted by Crippen LogP contribution is 2.18. The van der Waals surface area contributed by atoms with Crippen LogP contribution in [0.4, 0.5) is 0 Å². The Morgan fingerprint density at radius 3 is 2.83 bits per heavy atom. The Hall–Kier alpha value is -0.610. The number of rotatable bonds is 7. The van der Waals surface area contributed by atoms with Gasteiger partial charge in [-0.25, -0.2) is 0 Å². The number of carbonyl (C=O) groups is 1. The Kier molecular flexibility index (Phi) is 5.45. The van der Waals surface area contributed by atoms with Crippen molar-refractivity contribution in [3.63, 3.8) is 0 Å². The zero-order valence-corrected chi connectivity index (χ0v) is 11.6. The van der Waals surface area contributed by atoms with Gasteiger partial charge in [-0.1, -0.05) is 6.42 Å². The van der Waals surface area contributed by atoms with Crippen molar-refractivity contribution in [3.8, 4) is 0 Å². The predicted molar refractivity (Wildman–Crippen MR) is 73.5 cm³/mol. The quantitative estimate of drug-likeness (QED) is 0.668. The fourth-order valence-electron chi connectivity index (χ4n) is 2.61. The number of amides is 1. The third-order valence-electron chi connectivity index (χ3n) is 3.97. The van der Waals surface area contributed by atoms with E-state index in [2.05, 4.69) is 22.5 Å². The summed E-state index contributed by atoms with van der Waals surface area (Å²) in [5, 5.41) is 6.22.